The predicted octanol–water partition coefficient (Wildman–Crippen LogP) is 1.48. The molecule has 0 aliphatic carbocycles. The minimum absolute atomic E-state index is 0.387. The van der Waals surface area contributed by atoms with Gasteiger partial charge in [-0.05, 0) is 55.6 Å². The zero-order valence-corrected chi connectivity index (χ0v) is 10.6. The standard InChI is InChI=1S/C14H20N2O2/c15-6-1-2-7-16-8-5-11-3-4-12(14(17)18)9-13(11)10-16/h3-4,9H,1-2,5-8,10,15H2,(H,17,18). The molecule has 2 rings (SSSR count). The Kier molecular flexibility index (Phi) is 4.33. The highest BCUT2D eigenvalue weighted by atomic mass is 16.4. The SMILES string of the molecule is NCCCCN1CCc2ccc(C(=O)O)cc2C1. The highest BCUT2D eigenvalue weighted by molar-refractivity contribution is 5.87. The predicted molar refractivity (Wildman–Crippen MR) is 70.7 cm³/mol. The van der Waals surface area contributed by atoms with Crippen LogP contribution in [0.3, 0.4) is 0 Å². The molecule has 1 aromatic carbocycles. The normalized spacial score (nSPS) is 15.4. The van der Waals surface area contributed by atoms with Crippen LogP contribution in [0, 0.1) is 0 Å². The van der Waals surface area contributed by atoms with Crippen molar-refractivity contribution in [1.82, 2.24) is 4.90 Å². The molecule has 0 aromatic heterocycles. The van der Waals surface area contributed by atoms with E-state index in [9.17, 15) is 4.79 Å². The number of rotatable bonds is 5. The van der Waals surface area contributed by atoms with E-state index in [1.807, 2.05) is 12.1 Å². The molecule has 3 N–H and O–H groups in total. The second kappa shape index (κ2) is 5.98. The van der Waals surface area contributed by atoms with Gasteiger partial charge >= 0.3 is 5.97 Å². The quantitative estimate of drug-likeness (QED) is 0.775. The molecule has 0 atom stereocenters. The lowest BCUT2D eigenvalue weighted by Crippen LogP contribution is -2.31. The maximum absolute atomic E-state index is 11.0. The molecule has 0 amide bonds. The maximum atomic E-state index is 11.0. The molecule has 0 saturated heterocycles. The van der Waals surface area contributed by atoms with Gasteiger partial charge in [-0.15, -0.1) is 0 Å². The third-order valence-corrected chi connectivity index (χ3v) is 3.47. The summed E-state index contributed by atoms with van der Waals surface area (Å²) in [5.74, 6) is -0.849. The van der Waals surface area contributed by atoms with Crippen molar-refractivity contribution in [2.45, 2.75) is 25.8 Å². The molecule has 0 spiro atoms. The Bertz CT molecular complexity index is 432. The van der Waals surface area contributed by atoms with Gasteiger partial charge in [0.15, 0.2) is 0 Å². The molecule has 1 heterocycles. The van der Waals surface area contributed by atoms with Gasteiger partial charge in [0.25, 0.3) is 0 Å². The van der Waals surface area contributed by atoms with Gasteiger partial charge in [0.1, 0.15) is 0 Å². The molecule has 0 saturated carbocycles. The first kappa shape index (κ1) is 13.1. The maximum Gasteiger partial charge on any atom is 0.335 e. The molecule has 4 nitrogen and oxygen atoms in total. The molecule has 0 fully saturated rings. The summed E-state index contributed by atoms with van der Waals surface area (Å²) in [4.78, 5) is 13.3. The summed E-state index contributed by atoms with van der Waals surface area (Å²) in [6.45, 7) is 3.71. The van der Waals surface area contributed by atoms with E-state index in [1.165, 1.54) is 5.56 Å². The van der Waals surface area contributed by atoms with Crippen LogP contribution in [0.1, 0.15) is 34.3 Å². The third-order valence-electron chi connectivity index (χ3n) is 3.47. The van der Waals surface area contributed by atoms with Crippen molar-refractivity contribution < 1.29 is 9.90 Å². The second-order valence-electron chi connectivity index (χ2n) is 4.81. The minimum Gasteiger partial charge on any atom is -0.478 e. The molecule has 98 valence electrons. The zero-order valence-electron chi connectivity index (χ0n) is 10.6. The number of hydrogen-bond acceptors (Lipinski definition) is 3. The smallest absolute Gasteiger partial charge is 0.335 e. The van der Waals surface area contributed by atoms with Crippen LogP contribution in [-0.2, 0) is 13.0 Å². The molecule has 1 aliphatic rings. The van der Waals surface area contributed by atoms with Crippen LogP contribution < -0.4 is 5.73 Å². The van der Waals surface area contributed by atoms with Crippen LogP contribution >= 0.6 is 0 Å². The van der Waals surface area contributed by atoms with Crippen LogP contribution in [0.2, 0.25) is 0 Å². The molecular formula is C14H20N2O2. The van der Waals surface area contributed by atoms with E-state index in [0.29, 0.717) is 5.56 Å². The molecule has 18 heavy (non-hydrogen) atoms. The van der Waals surface area contributed by atoms with Gasteiger partial charge < -0.3 is 10.8 Å². The minimum atomic E-state index is -0.849. The number of aromatic carboxylic acids is 1. The molecule has 0 unspecified atom stereocenters. The Morgan fingerprint density at radius 2 is 2.17 bits per heavy atom. The Labute approximate surface area is 107 Å². The highest BCUT2D eigenvalue weighted by Crippen LogP contribution is 2.20. The van der Waals surface area contributed by atoms with E-state index in [-0.39, 0.29) is 0 Å². The van der Waals surface area contributed by atoms with Crippen LogP contribution in [0.25, 0.3) is 0 Å². The summed E-state index contributed by atoms with van der Waals surface area (Å²) < 4.78 is 0. The fourth-order valence-electron chi connectivity index (χ4n) is 2.42. The number of nitrogens with two attached hydrogens (primary N) is 1. The van der Waals surface area contributed by atoms with Gasteiger partial charge in [0, 0.05) is 13.1 Å². The largest absolute Gasteiger partial charge is 0.478 e. The summed E-state index contributed by atoms with van der Waals surface area (Å²) in [6, 6.07) is 5.47. The molecule has 4 heteroatoms. The fraction of sp³-hybridized carbons (Fsp3) is 0.500. The van der Waals surface area contributed by atoms with E-state index in [2.05, 4.69) is 4.90 Å². The first-order valence-electron chi connectivity index (χ1n) is 6.48. The molecule has 1 aliphatic heterocycles. The first-order valence-corrected chi connectivity index (χ1v) is 6.48. The number of benzene rings is 1. The average molecular weight is 248 g/mol. The molecule has 0 bridgehead atoms. The van der Waals surface area contributed by atoms with Crippen LogP contribution in [-0.4, -0.2) is 35.6 Å². The zero-order chi connectivity index (χ0) is 13.0. The monoisotopic (exact) mass is 248 g/mol. The summed E-state index contributed by atoms with van der Waals surface area (Å²) in [6.07, 6.45) is 3.18. The Morgan fingerprint density at radius 1 is 1.33 bits per heavy atom. The van der Waals surface area contributed by atoms with Crippen molar-refractivity contribution in [3.63, 3.8) is 0 Å². The number of carbonyl (C=O) groups is 1. The van der Waals surface area contributed by atoms with Crippen molar-refractivity contribution in [2.75, 3.05) is 19.6 Å². The van der Waals surface area contributed by atoms with Crippen LogP contribution in [0.15, 0.2) is 18.2 Å². The third kappa shape index (κ3) is 3.09. The summed E-state index contributed by atoms with van der Waals surface area (Å²) in [5.41, 5.74) is 8.32. The van der Waals surface area contributed by atoms with Gasteiger partial charge in [0.2, 0.25) is 0 Å². The molecule has 0 radical (unpaired) electrons. The van der Waals surface area contributed by atoms with Crippen molar-refractivity contribution in [2.24, 2.45) is 5.73 Å². The lowest BCUT2D eigenvalue weighted by molar-refractivity contribution is 0.0696. The summed E-state index contributed by atoms with van der Waals surface area (Å²) in [7, 11) is 0. The Balaban J connectivity index is 2.02. The highest BCUT2D eigenvalue weighted by Gasteiger charge is 2.17. The lowest BCUT2D eigenvalue weighted by Gasteiger charge is -2.28. The van der Waals surface area contributed by atoms with Crippen molar-refractivity contribution in [1.29, 1.82) is 0 Å². The summed E-state index contributed by atoms with van der Waals surface area (Å²) >= 11 is 0. The average Bonchev–Trinajstić information content (AvgIpc) is 2.38. The van der Waals surface area contributed by atoms with Gasteiger partial charge in [-0.25, -0.2) is 4.79 Å². The summed E-state index contributed by atoms with van der Waals surface area (Å²) in [5, 5.41) is 9.00. The number of nitrogens with zero attached hydrogens (tertiary/aromatic N) is 1. The van der Waals surface area contributed by atoms with Crippen molar-refractivity contribution in [3.05, 3.63) is 34.9 Å². The lowest BCUT2D eigenvalue weighted by atomic mass is 9.97. The van der Waals surface area contributed by atoms with Gasteiger partial charge in [-0.1, -0.05) is 6.07 Å². The van der Waals surface area contributed by atoms with Gasteiger partial charge in [-0.2, -0.15) is 0 Å². The fourth-order valence-corrected chi connectivity index (χ4v) is 2.42. The van der Waals surface area contributed by atoms with E-state index in [4.69, 9.17) is 10.8 Å². The topological polar surface area (TPSA) is 66.6 Å². The number of hydrogen-bond donors (Lipinski definition) is 2. The number of carboxylic acids is 1. The number of carboxylic acid groups (broad SMARTS) is 1. The Morgan fingerprint density at radius 3 is 2.89 bits per heavy atom. The van der Waals surface area contributed by atoms with E-state index in [1.54, 1.807) is 6.07 Å². The van der Waals surface area contributed by atoms with Crippen molar-refractivity contribution in [3.8, 4) is 0 Å². The van der Waals surface area contributed by atoms with Crippen LogP contribution in [0.5, 0.6) is 0 Å². The molecule has 1 aromatic rings. The van der Waals surface area contributed by atoms with Crippen molar-refractivity contribution >= 4 is 5.97 Å². The second-order valence-corrected chi connectivity index (χ2v) is 4.81. The van der Waals surface area contributed by atoms with E-state index < -0.39 is 5.97 Å². The van der Waals surface area contributed by atoms with E-state index >= 15 is 0 Å². The van der Waals surface area contributed by atoms with E-state index in [0.717, 1.165) is 51.0 Å². The Hall–Kier alpha value is -1.39. The van der Waals surface area contributed by atoms with Gasteiger partial charge in [-0.3, -0.25) is 4.90 Å². The number of unbranched alkanes of at least 4 members (excludes halogenated alkanes) is 1. The molecular weight excluding hydrogens is 228 g/mol. The van der Waals surface area contributed by atoms with Gasteiger partial charge in [0.05, 0.1) is 5.56 Å². The number of fused-ring (bicyclic) bond motifs is 1. The first-order chi connectivity index (χ1) is 8.70. The van der Waals surface area contributed by atoms with Crippen LogP contribution in [0.4, 0.5) is 0 Å².